The summed E-state index contributed by atoms with van der Waals surface area (Å²) in [5.41, 5.74) is 5.58. The normalized spacial score (nSPS) is 11.0. The van der Waals surface area contributed by atoms with Crippen LogP contribution in [0.3, 0.4) is 0 Å². The van der Waals surface area contributed by atoms with Crippen molar-refractivity contribution in [1.82, 2.24) is 0 Å². The number of hydrogen-bond acceptors (Lipinski definition) is 2. The largest absolute Gasteiger partial charge is 0.478 e. The molecule has 0 atom stereocenters. The molecule has 172 valence electrons. The van der Waals surface area contributed by atoms with E-state index in [0.29, 0.717) is 0 Å². The molecule has 0 unspecified atom stereocenters. The molecule has 0 spiro atoms. The van der Waals surface area contributed by atoms with Crippen LogP contribution in [0.1, 0.15) is 10.4 Å². The van der Waals surface area contributed by atoms with Gasteiger partial charge in [0.15, 0.2) is 0 Å². The van der Waals surface area contributed by atoms with E-state index in [1.807, 2.05) is 12.1 Å². The minimum Gasteiger partial charge on any atom is -0.478 e. The highest BCUT2D eigenvalue weighted by atomic mass is 16.4. The van der Waals surface area contributed by atoms with Gasteiger partial charge in [-0.3, -0.25) is 0 Å². The second-order valence-electron chi connectivity index (χ2n) is 8.76. The molecule has 6 rings (SSSR count). The number of aromatic carboxylic acids is 1. The Morgan fingerprint density at radius 1 is 0.500 bits per heavy atom. The molecule has 0 amide bonds. The molecule has 0 aliphatic carbocycles. The van der Waals surface area contributed by atoms with Gasteiger partial charge in [-0.1, -0.05) is 97.1 Å². The third kappa shape index (κ3) is 3.87. The minimum atomic E-state index is -0.919. The number of hydrogen-bond donors (Lipinski definition) is 1. The van der Waals surface area contributed by atoms with Crippen LogP contribution in [0.2, 0.25) is 0 Å². The van der Waals surface area contributed by atoms with Crippen LogP contribution in [-0.2, 0) is 0 Å². The minimum absolute atomic E-state index is 0.286. The molecule has 0 aromatic heterocycles. The van der Waals surface area contributed by atoms with Crippen molar-refractivity contribution in [2.45, 2.75) is 0 Å². The van der Waals surface area contributed by atoms with Gasteiger partial charge in [-0.05, 0) is 58.3 Å². The van der Waals surface area contributed by atoms with Gasteiger partial charge < -0.3 is 10.0 Å². The summed E-state index contributed by atoms with van der Waals surface area (Å²) in [4.78, 5) is 13.5. The van der Waals surface area contributed by atoms with E-state index in [2.05, 4.69) is 114 Å². The predicted molar refractivity (Wildman–Crippen MR) is 149 cm³/mol. The lowest BCUT2D eigenvalue weighted by atomic mass is 10.0. The van der Waals surface area contributed by atoms with E-state index in [-0.39, 0.29) is 5.56 Å². The first-order valence-corrected chi connectivity index (χ1v) is 11.9. The second-order valence-corrected chi connectivity index (χ2v) is 8.76. The maximum atomic E-state index is 11.2. The van der Waals surface area contributed by atoms with Crippen molar-refractivity contribution in [2.75, 3.05) is 4.90 Å². The fraction of sp³-hybridized carbons (Fsp3) is 0. The lowest BCUT2D eigenvalue weighted by molar-refractivity contribution is 0.0697. The lowest BCUT2D eigenvalue weighted by Gasteiger charge is -2.28. The molecule has 0 aliphatic rings. The smallest absolute Gasteiger partial charge is 0.335 e. The monoisotopic (exact) mass is 465 g/mol. The van der Waals surface area contributed by atoms with E-state index < -0.39 is 5.97 Å². The number of carboxylic acid groups (broad SMARTS) is 1. The van der Waals surface area contributed by atoms with Crippen molar-refractivity contribution in [2.24, 2.45) is 0 Å². The highest BCUT2D eigenvalue weighted by Gasteiger charge is 2.17. The summed E-state index contributed by atoms with van der Waals surface area (Å²) in [6.45, 7) is 0. The molecule has 3 heteroatoms. The number of carboxylic acids is 1. The van der Waals surface area contributed by atoms with Gasteiger partial charge in [0.25, 0.3) is 0 Å². The van der Waals surface area contributed by atoms with E-state index in [1.54, 1.807) is 12.1 Å². The van der Waals surface area contributed by atoms with E-state index in [1.165, 1.54) is 21.5 Å². The second kappa shape index (κ2) is 9.05. The van der Waals surface area contributed by atoms with Gasteiger partial charge in [0, 0.05) is 16.5 Å². The van der Waals surface area contributed by atoms with Crippen LogP contribution >= 0.6 is 0 Å². The van der Waals surface area contributed by atoms with Gasteiger partial charge >= 0.3 is 5.97 Å². The first-order valence-electron chi connectivity index (χ1n) is 11.9. The van der Waals surface area contributed by atoms with Crippen molar-refractivity contribution in [1.29, 1.82) is 0 Å². The fourth-order valence-electron chi connectivity index (χ4n) is 4.82. The number of anilines is 3. The summed E-state index contributed by atoms with van der Waals surface area (Å²) in [5, 5.41) is 13.9. The van der Waals surface area contributed by atoms with Crippen LogP contribution in [0, 0.1) is 0 Å². The molecular formula is C33H23NO2. The SMILES string of the molecule is O=C(O)c1ccc(-c2ccc(N(c3cccc4ccccc34)c3cccc4ccccc34)cc2)cc1. The Morgan fingerprint density at radius 3 is 1.44 bits per heavy atom. The van der Waals surface area contributed by atoms with Crippen molar-refractivity contribution in [3.63, 3.8) is 0 Å². The van der Waals surface area contributed by atoms with Gasteiger partial charge in [0.1, 0.15) is 0 Å². The molecule has 0 heterocycles. The highest BCUT2D eigenvalue weighted by Crippen LogP contribution is 2.42. The van der Waals surface area contributed by atoms with E-state index >= 15 is 0 Å². The first-order chi connectivity index (χ1) is 17.7. The molecule has 6 aromatic carbocycles. The molecule has 0 bridgehead atoms. The summed E-state index contributed by atoms with van der Waals surface area (Å²) in [5.74, 6) is -0.919. The van der Waals surface area contributed by atoms with E-state index in [9.17, 15) is 9.90 Å². The van der Waals surface area contributed by atoms with Gasteiger partial charge in [-0.15, -0.1) is 0 Å². The van der Waals surface area contributed by atoms with Crippen molar-refractivity contribution >= 4 is 44.6 Å². The topological polar surface area (TPSA) is 40.5 Å². The quantitative estimate of drug-likeness (QED) is 0.276. The highest BCUT2D eigenvalue weighted by molar-refractivity contribution is 6.04. The number of carbonyl (C=O) groups is 1. The zero-order chi connectivity index (χ0) is 24.5. The molecule has 1 N–H and O–H groups in total. The van der Waals surface area contributed by atoms with Crippen molar-refractivity contribution in [3.05, 3.63) is 139 Å². The summed E-state index contributed by atoms with van der Waals surface area (Å²) < 4.78 is 0. The van der Waals surface area contributed by atoms with E-state index in [0.717, 1.165) is 28.2 Å². The third-order valence-corrected chi connectivity index (χ3v) is 6.61. The average molecular weight is 466 g/mol. The van der Waals surface area contributed by atoms with Crippen LogP contribution in [-0.4, -0.2) is 11.1 Å². The van der Waals surface area contributed by atoms with Crippen LogP contribution in [0.15, 0.2) is 133 Å². The van der Waals surface area contributed by atoms with Crippen LogP contribution < -0.4 is 4.90 Å². The van der Waals surface area contributed by atoms with Gasteiger partial charge in [-0.25, -0.2) is 4.79 Å². The van der Waals surface area contributed by atoms with Crippen molar-refractivity contribution < 1.29 is 9.90 Å². The molecule has 0 saturated heterocycles. The molecule has 0 aliphatic heterocycles. The average Bonchev–Trinajstić information content (AvgIpc) is 2.94. The lowest BCUT2D eigenvalue weighted by Crippen LogP contribution is -2.11. The van der Waals surface area contributed by atoms with E-state index in [4.69, 9.17) is 0 Å². The number of benzene rings is 6. The number of fused-ring (bicyclic) bond motifs is 2. The molecule has 0 radical (unpaired) electrons. The molecule has 0 saturated carbocycles. The summed E-state index contributed by atoms with van der Waals surface area (Å²) in [7, 11) is 0. The Balaban J connectivity index is 1.52. The molecule has 0 fully saturated rings. The Hall–Kier alpha value is -4.89. The fourth-order valence-corrected chi connectivity index (χ4v) is 4.82. The van der Waals surface area contributed by atoms with Gasteiger partial charge in [0.2, 0.25) is 0 Å². The number of rotatable bonds is 5. The Bertz CT molecular complexity index is 1610. The van der Waals surface area contributed by atoms with Crippen molar-refractivity contribution in [3.8, 4) is 11.1 Å². The molecule has 3 nitrogen and oxygen atoms in total. The summed E-state index contributed by atoms with van der Waals surface area (Å²) >= 11 is 0. The zero-order valence-corrected chi connectivity index (χ0v) is 19.5. The summed E-state index contributed by atoms with van der Waals surface area (Å²) in [6.07, 6.45) is 0. The van der Waals surface area contributed by atoms with Crippen LogP contribution in [0.25, 0.3) is 32.7 Å². The molecular weight excluding hydrogens is 442 g/mol. The van der Waals surface area contributed by atoms with Crippen LogP contribution in [0.5, 0.6) is 0 Å². The standard InChI is InChI=1S/C33H23NO2/c35-33(36)27-17-15-23(16-18-27)24-19-21-28(22-20-24)34(31-13-5-9-25-7-1-3-11-29(25)31)32-14-6-10-26-8-2-4-12-30(26)32/h1-22H,(H,35,36). The maximum absolute atomic E-state index is 11.2. The number of nitrogens with zero attached hydrogens (tertiary/aromatic N) is 1. The summed E-state index contributed by atoms with van der Waals surface area (Å²) in [6, 6.07) is 45.2. The Morgan fingerprint density at radius 2 is 0.944 bits per heavy atom. The zero-order valence-electron chi connectivity index (χ0n) is 19.5. The Kier molecular flexibility index (Phi) is 5.44. The Labute approximate surface area is 209 Å². The maximum Gasteiger partial charge on any atom is 0.335 e. The van der Waals surface area contributed by atoms with Crippen LogP contribution in [0.4, 0.5) is 17.1 Å². The predicted octanol–water partition coefficient (Wildman–Crippen LogP) is 8.83. The third-order valence-electron chi connectivity index (χ3n) is 6.61. The first kappa shape index (κ1) is 21.6. The molecule has 36 heavy (non-hydrogen) atoms. The van der Waals surface area contributed by atoms with Gasteiger partial charge in [-0.2, -0.15) is 0 Å². The molecule has 6 aromatic rings. The van der Waals surface area contributed by atoms with Gasteiger partial charge in [0.05, 0.1) is 16.9 Å².